The first-order valence-corrected chi connectivity index (χ1v) is 19.2. The van der Waals surface area contributed by atoms with Crippen LogP contribution in [0.2, 0.25) is 0 Å². The molecule has 4 nitrogen and oxygen atoms in total. The lowest BCUT2D eigenvalue weighted by Gasteiger charge is -2.32. The van der Waals surface area contributed by atoms with Gasteiger partial charge in [0.1, 0.15) is 0 Å². The molecule has 1 aromatic heterocycles. The largest absolute Gasteiger partial charge is 0.309 e. The molecule has 274 valence electrons. The Hall–Kier alpha value is -6.78. The molecular formula is C52H46N4. The normalized spacial score (nSPS) is 11.0. The molecule has 0 unspecified atom stereocenters. The van der Waals surface area contributed by atoms with E-state index < -0.39 is 0 Å². The van der Waals surface area contributed by atoms with Crippen molar-refractivity contribution in [2.24, 2.45) is 0 Å². The molecule has 8 rings (SSSR count). The number of aryl methyl sites for hydroxylation is 6. The molecule has 0 atom stereocenters. The standard InChI is InChI=1S/C52H46N4/c1-35-28-37(3)50(38(4)29-35)56(51-39(5)30-36(2)31-40(51)6)46-26-24-45(25-27-46)55(52-53-33-44(34-54-52)41-16-9-7-10-17-41)47-21-15-20-43(32-47)49-23-14-13-22-48(49)42-18-11-8-12-19-42/h7-34H,1-6H3. The van der Waals surface area contributed by atoms with E-state index in [1.807, 2.05) is 30.6 Å². The second kappa shape index (κ2) is 15.5. The molecule has 0 spiro atoms. The predicted octanol–water partition coefficient (Wildman–Crippen LogP) is 14.3. The van der Waals surface area contributed by atoms with E-state index in [1.165, 1.54) is 61.4 Å². The van der Waals surface area contributed by atoms with Crippen molar-refractivity contribution >= 4 is 34.4 Å². The van der Waals surface area contributed by atoms with Crippen LogP contribution in [-0.4, -0.2) is 9.97 Å². The minimum atomic E-state index is 0.596. The molecule has 7 aromatic carbocycles. The van der Waals surface area contributed by atoms with Gasteiger partial charge in [0.05, 0.1) is 11.4 Å². The van der Waals surface area contributed by atoms with Crippen LogP contribution in [0.4, 0.5) is 34.4 Å². The summed E-state index contributed by atoms with van der Waals surface area (Å²) in [6.45, 7) is 13.2. The Balaban J connectivity index is 1.27. The fourth-order valence-corrected chi connectivity index (χ4v) is 8.18. The average Bonchev–Trinajstić information content (AvgIpc) is 3.21. The number of rotatable bonds is 9. The summed E-state index contributed by atoms with van der Waals surface area (Å²) in [7, 11) is 0. The first-order valence-electron chi connectivity index (χ1n) is 19.2. The highest BCUT2D eigenvalue weighted by Crippen LogP contribution is 2.44. The fraction of sp³-hybridized carbons (Fsp3) is 0.115. The van der Waals surface area contributed by atoms with E-state index in [4.69, 9.17) is 9.97 Å². The summed E-state index contributed by atoms with van der Waals surface area (Å²) >= 11 is 0. The summed E-state index contributed by atoms with van der Waals surface area (Å²) in [4.78, 5) is 14.6. The molecule has 0 aliphatic heterocycles. The van der Waals surface area contributed by atoms with Crippen LogP contribution in [-0.2, 0) is 0 Å². The van der Waals surface area contributed by atoms with Gasteiger partial charge in [0.2, 0.25) is 5.95 Å². The molecule has 1 heterocycles. The predicted molar refractivity (Wildman–Crippen MR) is 236 cm³/mol. The van der Waals surface area contributed by atoms with Crippen molar-refractivity contribution in [3.63, 3.8) is 0 Å². The maximum atomic E-state index is 5.00. The van der Waals surface area contributed by atoms with E-state index in [2.05, 4.69) is 191 Å². The second-order valence-corrected chi connectivity index (χ2v) is 14.8. The van der Waals surface area contributed by atoms with Gasteiger partial charge in [-0.3, -0.25) is 4.90 Å². The van der Waals surface area contributed by atoms with E-state index in [1.54, 1.807) is 0 Å². The van der Waals surface area contributed by atoms with Gasteiger partial charge in [-0.15, -0.1) is 0 Å². The van der Waals surface area contributed by atoms with Crippen LogP contribution in [0.1, 0.15) is 33.4 Å². The van der Waals surface area contributed by atoms with Gasteiger partial charge in [-0.2, -0.15) is 0 Å². The number of anilines is 6. The third-order valence-electron chi connectivity index (χ3n) is 10.5. The maximum absolute atomic E-state index is 5.00. The number of benzene rings is 7. The molecule has 8 aromatic rings. The first kappa shape index (κ1) is 36.2. The van der Waals surface area contributed by atoms with E-state index >= 15 is 0 Å². The van der Waals surface area contributed by atoms with Crippen molar-refractivity contribution < 1.29 is 0 Å². The highest BCUT2D eigenvalue weighted by Gasteiger charge is 2.23. The molecule has 56 heavy (non-hydrogen) atoms. The van der Waals surface area contributed by atoms with Gasteiger partial charge in [-0.1, -0.05) is 132 Å². The highest BCUT2D eigenvalue weighted by molar-refractivity contribution is 5.88. The van der Waals surface area contributed by atoms with E-state index in [9.17, 15) is 0 Å². The van der Waals surface area contributed by atoms with Crippen molar-refractivity contribution in [3.8, 4) is 33.4 Å². The minimum absolute atomic E-state index is 0.596. The number of aromatic nitrogens is 2. The summed E-state index contributed by atoms with van der Waals surface area (Å²) in [6.07, 6.45) is 3.84. The summed E-state index contributed by atoms with van der Waals surface area (Å²) < 4.78 is 0. The van der Waals surface area contributed by atoms with Crippen LogP contribution in [0.3, 0.4) is 0 Å². The Morgan fingerprint density at radius 1 is 0.339 bits per heavy atom. The summed E-state index contributed by atoms with van der Waals surface area (Å²) in [6, 6.07) is 56.1. The lowest BCUT2D eigenvalue weighted by molar-refractivity contribution is 1.08. The quantitative estimate of drug-likeness (QED) is 0.148. The van der Waals surface area contributed by atoms with Gasteiger partial charge in [0.15, 0.2) is 0 Å². The third kappa shape index (κ3) is 7.22. The van der Waals surface area contributed by atoms with Crippen LogP contribution >= 0.6 is 0 Å². The zero-order valence-electron chi connectivity index (χ0n) is 33.0. The first-order chi connectivity index (χ1) is 27.2. The molecule has 0 radical (unpaired) electrons. The molecule has 0 bridgehead atoms. The van der Waals surface area contributed by atoms with Crippen molar-refractivity contribution in [2.45, 2.75) is 41.5 Å². The molecular weight excluding hydrogens is 681 g/mol. The zero-order chi connectivity index (χ0) is 38.8. The smallest absolute Gasteiger partial charge is 0.234 e. The lowest BCUT2D eigenvalue weighted by atomic mass is 9.94. The second-order valence-electron chi connectivity index (χ2n) is 14.8. The Morgan fingerprint density at radius 3 is 1.29 bits per heavy atom. The van der Waals surface area contributed by atoms with Crippen molar-refractivity contribution in [1.82, 2.24) is 9.97 Å². The summed E-state index contributed by atoms with van der Waals surface area (Å²) in [5.41, 5.74) is 19.6. The maximum Gasteiger partial charge on any atom is 0.234 e. The van der Waals surface area contributed by atoms with Crippen LogP contribution in [0.5, 0.6) is 0 Å². The Labute approximate surface area is 331 Å². The lowest BCUT2D eigenvalue weighted by Crippen LogP contribution is -2.17. The summed E-state index contributed by atoms with van der Waals surface area (Å²) in [5, 5.41) is 0. The van der Waals surface area contributed by atoms with Crippen molar-refractivity contribution in [3.05, 3.63) is 203 Å². The zero-order valence-corrected chi connectivity index (χ0v) is 33.0. The Bertz CT molecular complexity index is 2530. The van der Waals surface area contributed by atoms with Gasteiger partial charge >= 0.3 is 0 Å². The SMILES string of the molecule is Cc1cc(C)c(N(c2ccc(N(c3cccc(-c4ccccc4-c4ccccc4)c3)c3ncc(-c4ccccc4)cn3)cc2)c2c(C)cc(C)cc2C)c(C)c1. The van der Waals surface area contributed by atoms with Gasteiger partial charge < -0.3 is 4.90 Å². The molecule has 0 aliphatic rings. The molecule has 0 saturated carbocycles. The number of hydrogen-bond donors (Lipinski definition) is 0. The monoisotopic (exact) mass is 726 g/mol. The van der Waals surface area contributed by atoms with E-state index in [-0.39, 0.29) is 0 Å². The van der Waals surface area contributed by atoms with Crippen LogP contribution in [0, 0.1) is 41.5 Å². The van der Waals surface area contributed by atoms with Gasteiger partial charge in [-0.05, 0) is 128 Å². The number of hydrogen-bond acceptors (Lipinski definition) is 4. The van der Waals surface area contributed by atoms with Crippen molar-refractivity contribution in [1.29, 1.82) is 0 Å². The van der Waals surface area contributed by atoms with Crippen molar-refractivity contribution in [2.75, 3.05) is 9.80 Å². The van der Waals surface area contributed by atoms with Gasteiger partial charge in [-0.25, -0.2) is 9.97 Å². The fourth-order valence-electron chi connectivity index (χ4n) is 8.18. The molecule has 0 amide bonds. The summed E-state index contributed by atoms with van der Waals surface area (Å²) in [5.74, 6) is 0.596. The van der Waals surface area contributed by atoms with Crippen LogP contribution in [0.25, 0.3) is 33.4 Å². The topological polar surface area (TPSA) is 32.3 Å². The van der Waals surface area contributed by atoms with E-state index in [0.29, 0.717) is 5.95 Å². The molecule has 0 N–H and O–H groups in total. The highest BCUT2D eigenvalue weighted by atomic mass is 15.3. The van der Waals surface area contributed by atoms with Crippen LogP contribution < -0.4 is 9.80 Å². The average molecular weight is 727 g/mol. The molecule has 0 aliphatic carbocycles. The molecule has 4 heteroatoms. The van der Waals surface area contributed by atoms with E-state index in [0.717, 1.165) is 33.8 Å². The van der Waals surface area contributed by atoms with Gasteiger partial charge in [0.25, 0.3) is 0 Å². The number of nitrogens with zero attached hydrogens (tertiary/aromatic N) is 4. The Kier molecular flexibility index (Phi) is 10.0. The van der Waals surface area contributed by atoms with Crippen LogP contribution in [0.15, 0.2) is 170 Å². The molecule has 0 fully saturated rings. The minimum Gasteiger partial charge on any atom is -0.309 e. The molecule has 0 saturated heterocycles. The third-order valence-corrected chi connectivity index (χ3v) is 10.5. The van der Waals surface area contributed by atoms with Gasteiger partial charge in [0, 0.05) is 35.0 Å². The Morgan fingerprint density at radius 2 is 0.768 bits per heavy atom.